The average Bonchev–Trinajstić information content (AvgIpc) is 2.65. The molecule has 1 heterocycles. The van der Waals surface area contributed by atoms with Gasteiger partial charge < -0.3 is 9.47 Å². The van der Waals surface area contributed by atoms with Crippen LogP contribution >= 0.6 is 0 Å². The van der Waals surface area contributed by atoms with Crippen LogP contribution in [0.1, 0.15) is 25.0 Å². The van der Waals surface area contributed by atoms with Crippen molar-refractivity contribution < 1.29 is 19.1 Å². The smallest absolute Gasteiger partial charge is 0.360 e. The molecular weight excluding hydrogens is 318 g/mol. The summed E-state index contributed by atoms with van der Waals surface area (Å²) in [7, 11) is 1.57. The van der Waals surface area contributed by atoms with Crippen LogP contribution in [0.2, 0.25) is 0 Å². The number of benzene rings is 2. The van der Waals surface area contributed by atoms with Gasteiger partial charge in [0.15, 0.2) is 5.71 Å². The van der Waals surface area contributed by atoms with E-state index in [1.807, 2.05) is 30.3 Å². The van der Waals surface area contributed by atoms with E-state index in [-0.39, 0.29) is 18.1 Å². The van der Waals surface area contributed by atoms with Gasteiger partial charge in [-0.05, 0) is 43.2 Å². The molecule has 1 aliphatic rings. The van der Waals surface area contributed by atoms with Crippen molar-refractivity contribution in [2.75, 3.05) is 13.7 Å². The summed E-state index contributed by atoms with van der Waals surface area (Å²) in [4.78, 5) is 29.8. The van der Waals surface area contributed by atoms with E-state index >= 15 is 0 Å². The number of hydrogen-bond donors (Lipinski definition) is 0. The molecule has 1 atom stereocenters. The number of esters is 1. The Kier molecular flexibility index (Phi) is 4.40. The number of carbonyl (C=O) groups is 2. The van der Waals surface area contributed by atoms with E-state index in [4.69, 9.17) is 9.47 Å². The highest BCUT2D eigenvalue weighted by Crippen LogP contribution is 2.43. The first-order chi connectivity index (χ1) is 12.0. The lowest BCUT2D eigenvalue weighted by atomic mass is 9.69. The van der Waals surface area contributed by atoms with E-state index in [9.17, 15) is 9.59 Å². The van der Waals surface area contributed by atoms with Gasteiger partial charge in [0.1, 0.15) is 5.75 Å². The van der Waals surface area contributed by atoms with Crippen LogP contribution in [0.4, 0.5) is 5.69 Å². The van der Waals surface area contributed by atoms with E-state index in [0.717, 1.165) is 5.56 Å². The third kappa shape index (κ3) is 2.71. The summed E-state index contributed by atoms with van der Waals surface area (Å²) in [6.45, 7) is 3.68. The number of Topliss-reactive ketones (excluding diaryl/α,β-unsaturated/α-hetero) is 1. The van der Waals surface area contributed by atoms with Gasteiger partial charge in [-0.3, -0.25) is 4.79 Å². The Morgan fingerprint density at radius 2 is 1.88 bits per heavy atom. The van der Waals surface area contributed by atoms with Gasteiger partial charge in [-0.1, -0.05) is 30.3 Å². The Hall–Kier alpha value is -2.95. The molecule has 3 rings (SSSR count). The summed E-state index contributed by atoms with van der Waals surface area (Å²) in [6, 6.07) is 14.7. The number of carbonyl (C=O) groups excluding carboxylic acids is 2. The minimum absolute atomic E-state index is 0.175. The standard InChI is InChI=1S/C20H19NO4/c1-4-25-19(23)17-18(22)20(2,13-8-6-5-7-9-13)15-12-14(24-3)10-11-16(15)21-17/h5-12H,4H2,1-3H3. The fourth-order valence-electron chi connectivity index (χ4n) is 3.07. The maximum atomic E-state index is 13.3. The molecular formula is C20H19NO4. The van der Waals surface area contributed by atoms with Gasteiger partial charge in [0.2, 0.25) is 5.78 Å². The lowest BCUT2D eigenvalue weighted by molar-refractivity contribution is -0.136. The van der Waals surface area contributed by atoms with Gasteiger partial charge in [-0.25, -0.2) is 9.79 Å². The Labute approximate surface area is 146 Å². The molecule has 0 saturated carbocycles. The molecule has 2 aromatic carbocycles. The summed E-state index contributed by atoms with van der Waals surface area (Å²) >= 11 is 0. The molecule has 128 valence electrons. The van der Waals surface area contributed by atoms with E-state index in [2.05, 4.69) is 4.99 Å². The van der Waals surface area contributed by atoms with Crippen LogP contribution < -0.4 is 4.74 Å². The van der Waals surface area contributed by atoms with Gasteiger partial charge in [-0.15, -0.1) is 0 Å². The van der Waals surface area contributed by atoms with E-state index in [1.54, 1.807) is 39.2 Å². The number of aliphatic imine (C=N–C) groups is 1. The molecule has 0 aliphatic carbocycles. The first-order valence-corrected chi connectivity index (χ1v) is 8.07. The quantitative estimate of drug-likeness (QED) is 0.804. The summed E-state index contributed by atoms with van der Waals surface area (Å²) in [6.07, 6.45) is 0. The van der Waals surface area contributed by atoms with Crippen molar-refractivity contribution in [1.82, 2.24) is 0 Å². The van der Waals surface area contributed by atoms with Crippen LogP contribution in [0, 0.1) is 0 Å². The monoisotopic (exact) mass is 337 g/mol. The predicted octanol–water partition coefficient (Wildman–Crippen LogP) is 3.22. The molecule has 5 heteroatoms. The molecule has 0 spiro atoms. The van der Waals surface area contributed by atoms with Crippen LogP contribution in [0.3, 0.4) is 0 Å². The topological polar surface area (TPSA) is 65.0 Å². The summed E-state index contributed by atoms with van der Waals surface area (Å²) in [5, 5.41) is 0. The summed E-state index contributed by atoms with van der Waals surface area (Å²) in [5.41, 5.74) is 0.831. The Morgan fingerprint density at radius 1 is 1.16 bits per heavy atom. The SMILES string of the molecule is CCOC(=O)C1=Nc2ccc(OC)cc2C(C)(c2ccccc2)C1=O. The molecule has 5 nitrogen and oxygen atoms in total. The Morgan fingerprint density at radius 3 is 2.52 bits per heavy atom. The van der Waals surface area contributed by atoms with Gasteiger partial charge in [0.25, 0.3) is 0 Å². The van der Waals surface area contributed by atoms with Gasteiger partial charge in [-0.2, -0.15) is 0 Å². The van der Waals surface area contributed by atoms with Crippen molar-refractivity contribution in [3.05, 3.63) is 59.7 Å². The van der Waals surface area contributed by atoms with Crippen LogP contribution in [0.15, 0.2) is 53.5 Å². The maximum absolute atomic E-state index is 13.3. The van der Waals surface area contributed by atoms with Crippen LogP contribution in [0.5, 0.6) is 5.75 Å². The normalized spacial score (nSPS) is 19.0. The zero-order chi connectivity index (χ0) is 18.0. The summed E-state index contributed by atoms with van der Waals surface area (Å²) < 4.78 is 10.3. The number of rotatable bonds is 4. The van der Waals surface area contributed by atoms with Crippen molar-refractivity contribution in [2.24, 2.45) is 4.99 Å². The first kappa shape index (κ1) is 16.9. The second-order valence-corrected chi connectivity index (χ2v) is 5.88. The number of nitrogens with zero attached hydrogens (tertiary/aromatic N) is 1. The van der Waals surface area contributed by atoms with Crippen LogP contribution in [-0.2, 0) is 19.7 Å². The molecule has 1 unspecified atom stereocenters. The van der Waals surface area contributed by atoms with E-state index < -0.39 is 11.4 Å². The van der Waals surface area contributed by atoms with Crippen molar-refractivity contribution in [3.8, 4) is 5.75 Å². The molecule has 0 bridgehead atoms. The molecule has 0 fully saturated rings. The van der Waals surface area contributed by atoms with Crippen LogP contribution in [0.25, 0.3) is 0 Å². The van der Waals surface area contributed by atoms with Crippen molar-refractivity contribution in [1.29, 1.82) is 0 Å². The maximum Gasteiger partial charge on any atom is 0.360 e. The summed E-state index contributed by atoms with van der Waals surface area (Å²) in [5.74, 6) is -0.447. The van der Waals surface area contributed by atoms with E-state index in [1.165, 1.54) is 0 Å². The minimum Gasteiger partial charge on any atom is -0.497 e. The lowest BCUT2D eigenvalue weighted by Gasteiger charge is -2.33. The molecule has 0 amide bonds. The number of ether oxygens (including phenoxy) is 2. The van der Waals surface area contributed by atoms with Gasteiger partial charge in [0.05, 0.1) is 24.8 Å². The van der Waals surface area contributed by atoms with Gasteiger partial charge in [0, 0.05) is 0 Å². The van der Waals surface area contributed by atoms with Gasteiger partial charge >= 0.3 is 5.97 Å². The molecule has 0 radical (unpaired) electrons. The molecule has 0 saturated heterocycles. The Balaban J connectivity index is 2.26. The van der Waals surface area contributed by atoms with Crippen LogP contribution in [-0.4, -0.2) is 31.2 Å². The third-order valence-electron chi connectivity index (χ3n) is 4.46. The number of ketones is 1. The fourth-order valence-corrected chi connectivity index (χ4v) is 3.07. The largest absolute Gasteiger partial charge is 0.497 e. The average molecular weight is 337 g/mol. The highest BCUT2D eigenvalue weighted by Gasteiger charge is 2.46. The molecule has 1 aliphatic heterocycles. The second kappa shape index (κ2) is 6.51. The lowest BCUT2D eigenvalue weighted by Crippen LogP contribution is -2.44. The number of hydrogen-bond acceptors (Lipinski definition) is 5. The predicted molar refractivity (Wildman–Crippen MR) is 94.6 cm³/mol. The second-order valence-electron chi connectivity index (χ2n) is 5.88. The molecule has 0 N–H and O–H groups in total. The molecule has 2 aromatic rings. The molecule has 0 aromatic heterocycles. The third-order valence-corrected chi connectivity index (χ3v) is 4.46. The van der Waals surface area contributed by atoms with Crippen molar-refractivity contribution in [2.45, 2.75) is 19.3 Å². The fraction of sp³-hybridized carbons (Fsp3) is 0.250. The van der Waals surface area contributed by atoms with Crippen molar-refractivity contribution in [3.63, 3.8) is 0 Å². The van der Waals surface area contributed by atoms with Crippen molar-refractivity contribution >= 4 is 23.2 Å². The zero-order valence-corrected chi connectivity index (χ0v) is 14.4. The number of fused-ring (bicyclic) bond motifs is 1. The first-order valence-electron chi connectivity index (χ1n) is 8.07. The highest BCUT2D eigenvalue weighted by molar-refractivity contribution is 6.67. The minimum atomic E-state index is -1.05. The van der Waals surface area contributed by atoms with E-state index in [0.29, 0.717) is 17.0 Å². The highest BCUT2D eigenvalue weighted by atomic mass is 16.5. The Bertz CT molecular complexity index is 857. The zero-order valence-electron chi connectivity index (χ0n) is 14.4. The number of methoxy groups -OCH3 is 1. The molecule has 25 heavy (non-hydrogen) atoms.